The fraction of sp³-hybridized carbons (Fsp3) is 0.923. The molecule has 3 atom stereocenters. The van der Waals surface area contributed by atoms with Crippen molar-refractivity contribution >= 4 is 6.03 Å². The predicted octanol–water partition coefficient (Wildman–Crippen LogP) is 1.46. The number of amides is 2. The van der Waals surface area contributed by atoms with Crippen LogP contribution < -0.4 is 16.4 Å². The number of nitrogens with two attached hydrogens (primary N) is 1. The van der Waals surface area contributed by atoms with Crippen molar-refractivity contribution in [3.05, 3.63) is 0 Å². The molecule has 0 radical (unpaired) electrons. The van der Waals surface area contributed by atoms with Gasteiger partial charge in [-0.25, -0.2) is 4.79 Å². The number of rotatable bonds is 4. The summed E-state index contributed by atoms with van der Waals surface area (Å²) in [5.41, 5.74) is 5.87. The van der Waals surface area contributed by atoms with Crippen molar-refractivity contribution in [2.75, 3.05) is 13.1 Å². The predicted molar refractivity (Wildman–Crippen MR) is 68.6 cm³/mol. The van der Waals surface area contributed by atoms with E-state index in [9.17, 15) is 4.79 Å². The second kappa shape index (κ2) is 4.16. The average Bonchev–Trinajstić information content (AvgIpc) is 2.67. The highest BCUT2D eigenvalue weighted by Crippen LogP contribution is 2.62. The van der Waals surface area contributed by atoms with E-state index >= 15 is 0 Å². The van der Waals surface area contributed by atoms with Crippen LogP contribution in [0.2, 0.25) is 0 Å². The second-order valence-corrected chi connectivity index (χ2v) is 6.59. The third-order valence-electron chi connectivity index (χ3n) is 5.04. The Bertz CT molecular complexity index is 311. The van der Waals surface area contributed by atoms with Crippen molar-refractivity contribution < 1.29 is 4.79 Å². The van der Waals surface area contributed by atoms with E-state index in [0.29, 0.717) is 23.4 Å². The summed E-state index contributed by atoms with van der Waals surface area (Å²) in [5.74, 6) is 0.856. The minimum Gasteiger partial charge on any atom is -0.352 e. The molecule has 0 spiro atoms. The topological polar surface area (TPSA) is 67.2 Å². The Labute approximate surface area is 104 Å². The quantitative estimate of drug-likeness (QED) is 0.650. The van der Waals surface area contributed by atoms with E-state index in [1.165, 1.54) is 19.3 Å². The lowest BCUT2D eigenvalue weighted by atomic mass is 9.68. The fourth-order valence-corrected chi connectivity index (χ4v) is 4.21. The number of carbonyl (C=O) groups is 1. The molecule has 2 saturated carbocycles. The normalized spacial score (nSPS) is 38.3. The van der Waals surface area contributed by atoms with Crippen LogP contribution in [0.5, 0.6) is 0 Å². The lowest BCUT2D eigenvalue weighted by Gasteiger charge is -2.43. The second-order valence-electron chi connectivity index (χ2n) is 6.59. The highest BCUT2D eigenvalue weighted by molar-refractivity contribution is 5.71. The number of nitrogens with one attached hydrogen (secondary N) is 2. The van der Waals surface area contributed by atoms with Gasteiger partial charge in [-0.1, -0.05) is 20.8 Å². The molecule has 2 aliphatic rings. The van der Waals surface area contributed by atoms with E-state index in [0.717, 1.165) is 12.5 Å². The zero-order valence-corrected chi connectivity index (χ0v) is 11.2. The zero-order valence-electron chi connectivity index (χ0n) is 11.2. The van der Waals surface area contributed by atoms with Crippen molar-refractivity contribution in [3.8, 4) is 0 Å². The molecule has 0 saturated heterocycles. The van der Waals surface area contributed by atoms with Crippen LogP contribution in [0, 0.1) is 16.7 Å². The van der Waals surface area contributed by atoms with Gasteiger partial charge >= 0.3 is 6.03 Å². The molecule has 0 aliphatic heterocycles. The first-order chi connectivity index (χ1) is 7.86. The highest BCUT2D eigenvalue weighted by Gasteiger charge is 2.58. The monoisotopic (exact) mass is 239 g/mol. The molecule has 2 amide bonds. The molecule has 2 rings (SSSR count). The number of hydrogen-bond donors (Lipinski definition) is 3. The van der Waals surface area contributed by atoms with E-state index < -0.39 is 6.03 Å². The first kappa shape index (κ1) is 12.7. The van der Waals surface area contributed by atoms with Gasteiger partial charge in [0.15, 0.2) is 0 Å². The van der Waals surface area contributed by atoms with E-state index in [1.54, 1.807) is 0 Å². The van der Waals surface area contributed by atoms with Gasteiger partial charge in [0.1, 0.15) is 0 Å². The van der Waals surface area contributed by atoms with Crippen molar-refractivity contribution in [3.63, 3.8) is 0 Å². The third-order valence-corrected chi connectivity index (χ3v) is 5.04. The van der Waals surface area contributed by atoms with Crippen molar-refractivity contribution in [1.29, 1.82) is 0 Å². The largest absolute Gasteiger partial charge is 0.352 e. The lowest BCUT2D eigenvalue weighted by molar-refractivity contribution is 0.110. The minimum absolute atomic E-state index is 0.375. The van der Waals surface area contributed by atoms with Crippen LogP contribution in [0.15, 0.2) is 0 Å². The Morgan fingerprint density at radius 2 is 2.06 bits per heavy atom. The Kier molecular flexibility index (Phi) is 3.10. The van der Waals surface area contributed by atoms with Gasteiger partial charge in [0.05, 0.1) is 0 Å². The van der Waals surface area contributed by atoms with Crippen LogP contribution in [0.3, 0.4) is 0 Å². The maximum Gasteiger partial charge on any atom is 0.312 e. The summed E-state index contributed by atoms with van der Waals surface area (Å²) in [6.45, 7) is 8.57. The number of carbonyl (C=O) groups excluding carboxylic acids is 1. The van der Waals surface area contributed by atoms with Crippen molar-refractivity contribution in [2.45, 2.75) is 46.1 Å². The highest BCUT2D eigenvalue weighted by atomic mass is 16.2. The third kappa shape index (κ3) is 2.15. The summed E-state index contributed by atoms with van der Waals surface area (Å²) in [6, 6.07) is 0.119. The Balaban J connectivity index is 1.89. The SMILES string of the molecule is CC12CCC(C1)C(C)(C)C2NCCNC(N)=O. The number of primary amides is 1. The van der Waals surface area contributed by atoms with Gasteiger partial charge in [0.25, 0.3) is 0 Å². The van der Waals surface area contributed by atoms with Gasteiger partial charge in [-0.3, -0.25) is 0 Å². The molecule has 4 N–H and O–H groups in total. The van der Waals surface area contributed by atoms with E-state index in [-0.39, 0.29) is 0 Å². The average molecular weight is 239 g/mol. The van der Waals surface area contributed by atoms with Gasteiger partial charge in [-0.15, -0.1) is 0 Å². The molecule has 4 nitrogen and oxygen atoms in total. The van der Waals surface area contributed by atoms with Gasteiger partial charge in [-0.05, 0) is 36.0 Å². The van der Waals surface area contributed by atoms with Gasteiger partial charge in [-0.2, -0.15) is 0 Å². The lowest BCUT2D eigenvalue weighted by Crippen LogP contribution is -2.52. The Morgan fingerprint density at radius 3 is 2.59 bits per heavy atom. The molecule has 0 aromatic heterocycles. The summed E-state index contributed by atoms with van der Waals surface area (Å²) >= 11 is 0. The zero-order chi connectivity index (χ0) is 12.7. The first-order valence-electron chi connectivity index (χ1n) is 6.63. The molecule has 3 unspecified atom stereocenters. The maximum atomic E-state index is 10.6. The van der Waals surface area contributed by atoms with Crippen molar-refractivity contribution in [2.24, 2.45) is 22.5 Å². The summed E-state index contributed by atoms with van der Waals surface area (Å²) < 4.78 is 0. The molecular weight excluding hydrogens is 214 g/mol. The molecule has 4 heteroatoms. The minimum atomic E-state index is -0.440. The Morgan fingerprint density at radius 1 is 1.35 bits per heavy atom. The van der Waals surface area contributed by atoms with E-state index in [1.807, 2.05) is 0 Å². The summed E-state index contributed by atoms with van der Waals surface area (Å²) in [6.07, 6.45) is 4.06. The number of fused-ring (bicyclic) bond motifs is 2. The summed E-state index contributed by atoms with van der Waals surface area (Å²) in [4.78, 5) is 10.6. The molecule has 2 bridgehead atoms. The molecule has 98 valence electrons. The van der Waals surface area contributed by atoms with Crippen LogP contribution in [0.4, 0.5) is 4.79 Å². The molecule has 2 aliphatic carbocycles. The standard InChI is InChI=1S/C13H25N3O/c1-12(2)9-4-5-13(3,8-9)10(12)15-6-7-16-11(14)17/h9-10,15H,4-8H2,1-3H3,(H3,14,16,17). The smallest absolute Gasteiger partial charge is 0.312 e. The van der Waals surface area contributed by atoms with Crippen LogP contribution in [0.25, 0.3) is 0 Å². The van der Waals surface area contributed by atoms with Crippen LogP contribution >= 0.6 is 0 Å². The molecule has 0 aromatic rings. The van der Waals surface area contributed by atoms with Gasteiger partial charge < -0.3 is 16.4 Å². The Hall–Kier alpha value is -0.770. The summed E-state index contributed by atoms with van der Waals surface area (Å²) in [7, 11) is 0. The maximum absolute atomic E-state index is 10.6. The first-order valence-corrected chi connectivity index (χ1v) is 6.63. The number of hydrogen-bond acceptors (Lipinski definition) is 2. The molecular formula is C13H25N3O. The van der Waals surface area contributed by atoms with E-state index in [4.69, 9.17) is 5.73 Å². The molecule has 17 heavy (non-hydrogen) atoms. The number of urea groups is 1. The molecule has 2 fully saturated rings. The van der Waals surface area contributed by atoms with Crippen LogP contribution in [0.1, 0.15) is 40.0 Å². The summed E-state index contributed by atoms with van der Waals surface area (Å²) in [5, 5.41) is 6.26. The van der Waals surface area contributed by atoms with Crippen LogP contribution in [-0.4, -0.2) is 25.2 Å². The molecule has 0 aromatic carbocycles. The van der Waals surface area contributed by atoms with Crippen LogP contribution in [-0.2, 0) is 0 Å². The fourth-order valence-electron chi connectivity index (χ4n) is 4.21. The van der Waals surface area contributed by atoms with Gasteiger partial charge in [0.2, 0.25) is 0 Å². The van der Waals surface area contributed by atoms with E-state index in [2.05, 4.69) is 31.4 Å². The van der Waals surface area contributed by atoms with Gasteiger partial charge in [0, 0.05) is 19.1 Å². The molecule has 0 heterocycles. The van der Waals surface area contributed by atoms with Crippen molar-refractivity contribution in [1.82, 2.24) is 10.6 Å².